The summed E-state index contributed by atoms with van der Waals surface area (Å²) >= 11 is 13.2. The van der Waals surface area contributed by atoms with Crippen LogP contribution in [0.5, 0.6) is 11.5 Å². The Kier molecular flexibility index (Phi) is 8.26. The van der Waals surface area contributed by atoms with E-state index in [0.717, 1.165) is 22.0 Å². The van der Waals surface area contributed by atoms with Crippen LogP contribution in [0.25, 0.3) is 10.9 Å². The molecule has 3 aromatic carbocycles. The number of rotatable bonds is 8. The number of nitrogens with zero attached hydrogens (tertiary/aromatic N) is 3. The molecule has 9 heteroatoms. The van der Waals surface area contributed by atoms with Gasteiger partial charge in [0, 0.05) is 21.5 Å². The molecule has 0 fully saturated rings. The van der Waals surface area contributed by atoms with Crippen LogP contribution < -0.4 is 15.0 Å². The van der Waals surface area contributed by atoms with Gasteiger partial charge in [-0.3, -0.25) is 4.79 Å². The van der Waals surface area contributed by atoms with Crippen LogP contribution in [-0.4, -0.2) is 23.0 Å². The number of hydrogen-bond acceptors (Lipinski definition) is 5. The largest absolute Gasteiger partial charge is 0.493 e. The molecule has 4 aromatic rings. The molecule has 6 nitrogen and oxygen atoms in total. The minimum Gasteiger partial charge on any atom is -0.493 e. The molecule has 35 heavy (non-hydrogen) atoms. The van der Waals surface area contributed by atoms with E-state index in [1.807, 2.05) is 49.4 Å². The molecule has 0 amide bonds. The van der Waals surface area contributed by atoms with Crippen LogP contribution in [0, 0.1) is 0 Å². The van der Waals surface area contributed by atoms with Crippen molar-refractivity contribution in [2.75, 3.05) is 7.11 Å². The summed E-state index contributed by atoms with van der Waals surface area (Å²) in [5.74, 6) is 1.68. The smallest absolute Gasteiger partial charge is 0.282 e. The number of halogens is 3. The molecule has 0 aliphatic rings. The van der Waals surface area contributed by atoms with Crippen molar-refractivity contribution in [2.24, 2.45) is 5.10 Å². The van der Waals surface area contributed by atoms with Gasteiger partial charge in [0.1, 0.15) is 12.4 Å². The number of benzene rings is 3. The summed E-state index contributed by atoms with van der Waals surface area (Å²) in [6.45, 7) is 2.32. The fourth-order valence-electron chi connectivity index (χ4n) is 3.54. The molecular weight excluding hydrogens is 598 g/mol. The van der Waals surface area contributed by atoms with E-state index in [4.69, 9.17) is 21.1 Å². The highest BCUT2D eigenvalue weighted by atomic mass is 79.9. The van der Waals surface area contributed by atoms with Crippen LogP contribution in [0.1, 0.15) is 30.3 Å². The lowest BCUT2D eigenvalue weighted by Gasteiger charge is -2.14. The predicted molar refractivity (Wildman–Crippen MR) is 147 cm³/mol. The van der Waals surface area contributed by atoms with Gasteiger partial charge in [-0.2, -0.15) is 9.78 Å². The van der Waals surface area contributed by atoms with E-state index in [0.29, 0.717) is 44.1 Å². The van der Waals surface area contributed by atoms with Crippen molar-refractivity contribution in [1.29, 1.82) is 0 Å². The Morgan fingerprint density at radius 1 is 1.14 bits per heavy atom. The van der Waals surface area contributed by atoms with Gasteiger partial charge in [-0.05, 0) is 64.3 Å². The number of methoxy groups -OCH3 is 1. The van der Waals surface area contributed by atoms with Crippen molar-refractivity contribution in [2.45, 2.75) is 26.4 Å². The van der Waals surface area contributed by atoms with Gasteiger partial charge in [0.25, 0.3) is 5.56 Å². The van der Waals surface area contributed by atoms with Gasteiger partial charge < -0.3 is 9.47 Å². The van der Waals surface area contributed by atoms with Gasteiger partial charge >= 0.3 is 0 Å². The first kappa shape index (κ1) is 25.4. The van der Waals surface area contributed by atoms with Crippen molar-refractivity contribution >= 4 is 60.6 Å². The lowest BCUT2D eigenvalue weighted by atomic mass is 10.2. The number of aromatic nitrogens is 2. The molecule has 0 spiro atoms. The minimum atomic E-state index is -0.221. The van der Waals surface area contributed by atoms with Crippen LogP contribution in [0.4, 0.5) is 0 Å². The summed E-state index contributed by atoms with van der Waals surface area (Å²) in [7, 11) is 1.57. The molecule has 0 aliphatic heterocycles. The fourth-order valence-corrected chi connectivity index (χ4v) is 4.67. The molecule has 4 rings (SSSR count). The summed E-state index contributed by atoms with van der Waals surface area (Å²) in [5, 5.41) is 5.63. The zero-order chi connectivity index (χ0) is 24.9. The van der Waals surface area contributed by atoms with Gasteiger partial charge in [0.15, 0.2) is 11.5 Å². The molecule has 0 atom stereocenters. The fraction of sp³-hybridized carbons (Fsp3) is 0.192. The first-order chi connectivity index (χ1) is 16.9. The molecule has 0 unspecified atom stereocenters. The van der Waals surface area contributed by atoms with Crippen LogP contribution in [0.2, 0.25) is 5.02 Å². The highest BCUT2D eigenvalue weighted by Crippen LogP contribution is 2.37. The summed E-state index contributed by atoms with van der Waals surface area (Å²) in [4.78, 5) is 17.9. The molecule has 0 bridgehead atoms. The zero-order valence-corrected chi connectivity index (χ0v) is 23.0. The molecule has 0 saturated carbocycles. The van der Waals surface area contributed by atoms with Gasteiger partial charge in [-0.15, -0.1) is 0 Å². The number of ether oxygens (including phenoxy) is 2. The van der Waals surface area contributed by atoms with E-state index in [1.54, 1.807) is 25.5 Å². The molecule has 0 saturated heterocycles. The average molecular weight is 620 g/mol. The SMILES string of the molecule is CCCc1nc2ccc(Br)cc2c(=O)n1N=Cc1cc(Br)c(OCc2ccccc2Cl)c(OC)c1. The second-order valence-corrected chi connectivity index (χ2v) is 9.89. The zero-order valence-electron chi connectivity index (χ0n) is 19.1. The minimum absolute atomic E-state index is 0.221. The Morgan fingerprint density at radius 3 is 2.69 bits per heavy atom. The monoisotopic (exact) mass is 617 g/mol. The van der Waals surface area contributed by atoms with Crippen LogP contribution in [-0.2, 0) is 13.0 Å². The Labute approximate surface area is 224 Å². The first-order valence-electron chi connectivity index (χ1n) is 10.9. The lowest BCUT2D eigenvalue weighted by Crippen LogP contribution is -2.22. The number of fused-ring (bicyclic) bond motifs is 1. The Hall–Kier alpha value is -2.68. The van der Waals surface area contributed by atoms with Crippen molar-refractivity contribution in [3.63, 3.8) is 0 Å². The Balaban J connectivity index is 1.68. The predicted octanol–water partition coefficient (Wildman–Crippen LogP) is 7.00. The lowest BCUT2D eigenvalue weighted by molar-refractivity contribution is 0.282. The van der Waals surface area contributed by atoms with Gasteiger partial charge in [0.2, 0.25) is 0 Å². The van der Waals surface area contributed by atoms with E-state index in [1.165, 1.54) is 4.68 Å². The van der Waals surface area contributed by atoms with Crippen molar-refractivity contribution in [3.8, 4) is 11.5 Å². The molecule has 0 radical (unpaired) electrons. The third kappa shape index (κ3) is 5.77. The molecule has 180 valence electrons. The molecule has 0 N–H and O–H groups in total. The quantitative estimate of drug-likeness (QED) is 0.199. The average Bonchev–Trinajstić information content (AvgIpc) is 2.84. The Bertz CT molecular complexity index is 1470. The third-order valence-corrected chi connectivity index (χ3v) is 6.70. The second-order valence-electron chi connectivity index (χ2n) is 7.72. The molecule has 1 aromatic heterocycles. The first-order valence-corrected chi connectivity index (χ1v) is 12.9. The van der Waals surface area contributed by atoms with Crippen molar-refractivity contribution in [3.05, 3.63) is 95.9 Å². The van der Waals surface area contributed by atoms with E-state index in [9.17, 15) is 4.79 Å². The third-order valence-electron chi connectivity index (χ3n) is 5.25. The standard InChI is InChI=1S/C26H22Br2ClN3O3/c1-3-6-24-31-22-10-9-18(27)13-19(22)26(33)32(24)30-14-16-11-20(28)25(23(12-16)34-2)35-15-17-7-4-5-8-21(17)29/h4-5,7-14H,3,6,15H2,1-2H3. The maximum absolute atomic E-state index is 13.2. The number of aryl methyl sites for hydroxylation is 1. The highest BCUT2D eigenvalue weighted by Gasteiger charge is 2.14. The van der Waals surface area contributed by atoms with E-state index < -0.39 is 0 Å². The topological polar surface area (TPSA) is 65.7 Å². The van der Waals surface area contributed by atoms with E-state index in [-0.39, 0.29) is 12.2 Å². The van der Waals surface area contributed by atoms with Crippen LogP contribution in [0.15, 0.2) is 73.4 Å². The van der Waals surface area contributed by atoms with Crippen LogP contribution in [0.3, 0.4) is 0 Å². The highest BCUT2D eigenvalue weighted by molar-refractivity contribution is 9.10. The summed E-state index contributed by atoms with van der Waals surface area (Å²) in [5.41, 5.74) is 2.02. The second kappa shape index (κ2) is 11.4. The number of hydrogen-bond donors (Lipinski definition) is 0. The molecular formula is C26H22Br2ClN3O3. The van der Waals surface area contributed by atoms with Crippen LogP contribution >= 0.6 is 43.5 Å². The van der Waals surface area contributed by atoms with E-state index >= 15 is 0 Å². The van der Waals surface area contributed by atoms with Gasteiger partial charge in [-0.25, -0.2) is 4.98 Å². The summed E-state index contributed by atoms with van der Waals surface area (Å²) < 4.78 is 14.4. The maximum Gasteiger partial charge on any atom is 0.282 e. The maximum atomic E-state index is 13.2. The molecule has 0 aliphatic carbocycles. The Morgan fingerprint density at radius 2 is 1.94 bits per heavy atom. The summed E-state index contributed by atoms with van der Waals surface area (Å²) in [6.07, 6.45) is 3.07. The van der Waals surface area contributed by atoms with Crippen molar-refractivity contribution in [1.82, 2.24) is 9.66 Å². The normalized spacial score (nSPS) is 11.3. The molecule has 1 heterocycles. The summed E-state index contributed by atoms with van der Waals surface area (Å²) in [6, 6.07) is 16.6. The van der Waals surface area contributed by atoms with Crippen molar-refractivity contribution < 1.29 is 9.47 Å². The van der Waals surface area contributed by atoms with Gasteiger partial charge in [0.05, 0.1) is 28.7 Å². The van der Waals surface area contributed by atoms with E-state index in [2.05, 4.69) is 41.9 Å². The van der Waals surface area contributed by atoms with Gasteiger partial charge in [-0.1, -0.05) is 52.7 Å².